The number of fused-ring (bicyclic) bond motifs is 3. The maximum absolute atomic E-state index is 14.3. The summed E-state index contributed by atoms with van der Waals surface area (Å²) in [7, 11) is -1.81. The van der Waals surface area contributed by atoms with E-state index in [1.807, 2.05) is 17.5 Å². The number of rotatable bonds is 14. The second kappa shape index (κ2) is 18.3. The second-order valence-corrected chi connectivity index (χ2v) is 18.8. The van der Waals surface area contributed by atoms with E-state index < -0.39 is 82.3 Å². The Balaban J connectivity index is 1.02. The lowest BCUT2D eigenvalue weighted by Gasteiger charge is -2.27. The van der Waals surface area contributed by atoms with Crippen LogP contribution in [0.25, 0.3) is 20.3 Å². The number of nitrogens with one attached hydrogen (secondary N) is 2. The van der Waals surface area contributed by atoms with E-state index in [0.717, 1.165) is 47.7 Å². The molecule has 65 heavy (non-hydrogen) atoms. The maximum atomic E-state index is 14.3. The largest absolute Gasteiger partial charge is 0.342 e. The van der Waals surface area contributed by atoms with E-state index in [1.165, 1.54) is 70.8 Å². The molecular formula is C45H37F4N7O6S3. The molecule has 7 aromatic rings. The molecule has 4 amide bonds. The van der Waals surface area contributed by atoms with Crippen molar-refractivity contribution in [2.45, 2.75) is 24.9 Å². The van der Waals surface area contributed by atoms with Crippen molar-refractivity contribution >= 4 is 99.6 Å². The summed E-state index contributed by atoms with van der Waals surface area (Å²) in [6.45, 7) is -1.78. The lowest BCUT2D eigenvalue weighted by atomic mass is 10.0. The van der Waals surface area contributed by atoms with Crippen LogP contribution in [0.3, 0.4) is 0 Å². The second-order valence-electron chi connectivity index (χ2n) is 15.2. The van der Waals surface area contributed by atoms with Crippen LogP contribution >= 0.6 is 22.7 Å². The number of benzene rings is 5. The number of anilines is 4. The number of nitrogens with zero attached hydrogens (tertiary/aromatic N) is 5. The van der Waals surface area contributed by atoms with Crippen molar-refractivity contribution in [2.24, 2.45) is 0 Å². The van der Waals surface area contributed by atoms with E-state index >= 15 is 0 Å². The third kappa shape index (κ3) is 9.64. The normalized spacial score (nSPS) is 13.9. The summed E-state index contributed by atoms with van der Waals surface area (Å²) in [4.78, 5) is 62.8. The summed E-state index contributed by atoms with van der Waals surface area (Å²) in [5.41, 5.74) is 3.21. The molecule has 0 unspecified atom stereocenters. The molecule has 0 fully saturated rings. The van der Waals surface area contributed by atoms with E-state index in [1.54, 1.807) is 35.8 Å². The average Bonchev–Trinajstić information content (AvgIpc) is 3.98. The molecule has 3 heterocycles. The minimum absolute atomic E-state index is 0.00521. The number of carbonyl (C=O) groups excluding carboxylic acids is 4. The van der Waals surface area contributed by atoms with E-state index in [2.05, 4.69) is 15.6 Å². The number of halogens is 4. The predicted molar refractivity (Wildman–Crippen MR) is 242 cm³/mol. The van der Waals surface area contributed by atoms with Crippen LogP contribution in [0.4, 0.5) is 40.3 Å². The summed E-state index contributed by atoms with van der Waals surface area (Å²) >= 11 is 2.90. The molecule has 20 heteroatoms. The smallest absolute Gasteiger partial charge is 0.327 e. The maximum Gasteiger partial charge on any atom is 0.327 e. The Morgan fingerprint density at radius 3 is 1.62 bits per heavy atom. The van der Waals surface area contributed by atoms with E-state index in [4.69, 9.17) is 0 Å². The van der Waals surface area contributed by atoms with Crippen molar-refractivity contribution in [1.29, 1.82) is 0 Å². The first-order chi connectivity index (χ1) is 31.0. The van der Waals surface area contributed by atoms with E-state index in [9.17, 15) is 45.2 Å². The summed E-state index contributed by atoms with van der Waals surface area (Å²) in [5, 5.41) is 7.86. The van der Waals surface area contributed by atoms with Crippen LogP contribution in [-0.2, 0) is 42.2 Å². The molecule has 2 aromatic heterocycles. The van der Waals surface area contributed by atoms with Gasteiger partial charge in [-0.05, 0) is 101 Å². The molecule has 0 saturated heterocycles. The first kappa shape index (κ1) is 44.7. The van der Waals surface area contributed by atoms with Crippen LogP contribution < -0.4 is 29.0 Å². The van der Waals surface area contributed by atoms with Gasteiger partial charge in [0.25, 0.3) is 0 Å². The quantitative estimate of drug-likeness (QED) is 0.115. The number of hydrogen-bond donors (Lipinski definition) is 2. The van der Waals surface area contributed by atoms with Gasteiger partial charge in [0.05, 0.1) is 27.1 Å². The Morgan fingerprint density at radius 2 is 1.11 bits per heavy atom. The molecule has 0 bridgehead atoms. The first-order valence-electron chi connectivity index (χ1n) is 19.8. The first-order valence-corrected chi connectivity index (χ1v) is 22.9. The monoisotopic (exact) mass is 943 g/mol. The number of aromatic nitrogens is 1. The highest BCUT2D eigenvalue weighted by molar-refractivity contribution is 7.94. The van der Waals surface area contributed by atoms with Crippen LogP contribution in [0.2, 0.25) is 0 Å². The Morgan fingerprint density at radius 1 is 0.631 bits per heavy atom. The summed E-state index contributed by atoms with van der Waals surface area (Å²) in [6.07, 6.45) is -0.741. The number of thiophene rings is 1. The number of amides is 4. The van der Waals surface area contributed by atoms with Crippen molar-refractivity contribution < 1.29 is 45.2 Å². The van der Waals surface area contributed by atoms with Gasteiger partial charge in [-0.2, -0.15) is 8.42 Å². The fraction of sp³-hybridized carbons (Fsp3) is 0.178. The molecule has 5 aromatic carbocycles. The Kier molecular flexibility index (Phi) is 12.6. The third-order valence-corrected chi connectivity index (χ3v) is 14.2. The zero-order valence-corrected chi connectivity index (χ0v) is 36.8. The van der Waals surface area contributed by atoms with Gasteiger partial charge in [-0.3, -0.25) is 19.2 Å². The van der Waals surface area contributed by atoms with Gasteiger partial charge < -0.3 is 20.4 Å². The number of para-hydroxylation sites is 2. The number of carbonyl (C=O) groups is 4. The highest BCUT2D eigenvalue weighted by Gasteiger charge is 2.43. The van der Waals surface area contributed by atoms with E-state index in [0.29, 0.717) is 29.0 Å². The van der Waals surface area contributed by atoms with Crippen LogP contribution in [0, 0.1) is 23.3 Å². The van der Waals surface area contributed by atoms with Gasteiger partial charge in [-0.25, -0.2) is 31.2 Å². The lowest BCUT2D eigenvalue weighted by Crippen LogP contribution is -2.53. The molecular weight excluding hydrogens is 907 g/mol. The summed E-state index contributed by atoms with van der Waals surface area (Å²) in [5.74, 6) is -6.92. The summed E-state index contributed by atoms with van der Waals surface area (Å²) in [6, 6.07) is 20.6. The molecule has 0 spiro atoms. The molecule has 1 aliphatic rings. The van der Waals surface area contributed by atoms with Crippen molar-refractivity contribution in [3.63, 3.8) is 0 Å². The van der Waals surface area contributed by atoms with Crippen molar-refractivity contribution in [3.05, 3.63) is 148 Å². The van der Waals surface area contributed by atoms with Gasteiger partial charge in [0.15, 0.2) is 0 Å². The van der Waals surface area contributed by atoms with Crippen LogP contribution in [0.1, 0.15) is 11.1 Å². The Labute approximate surface area is 377 Å². The molecule has 0 aliphatic carbocycles. The molecule has 0 radical (unpaired) electrons. The van der Waals surface area contributed by atoms with Crippen LogP contribution in [-0.4, -0.2) is 76.3 Å². The van der Waals surface area contributed by atoms with Crippen LogP contribution in [0.5, 0.6) is 0 Å². The van der Waals surface area contributed by atoms with E-state index in [-0.39, 0.29) is 35.3 Å². The number of thiazole rings is 1. The number of likely N-dealkylation sites (N-methyl/N-ethyl adjacent to an activating group) is 2. The van der Waals surface area contributed by atoms with Gasteiger partial charge in [0, 0.05) is 55.1 Å². The van der Waals surface area contributed by atoms with Crippen molar-refractivity contribution in [3.8, 4) is 0 Å². The zero-order chi connectivity index (χ0) is 46.2. The van der Waals surface area contributed by atoms with Crippen molar-refractivity contribution in [2.75, 3.05) is 45.6 Å². The molecule has 334 valence electrons. The molecule has 13 nitrogen and oxygen atoms in total. The third-order valence-electron chi connectivity index (χ3n) is 10.7. The Bertz CT molecular complexity index is 2870. The molecule has 1 aliphatic heterocycles. The van der Waals surface area contributed by atoms with Crippen molar-refractivity contribution in [1.82, 2.24) is 15.6 Å². The Hall–Kier alpha value is -6.90. The molecule has 8 rings (SSSR count). The fourth-order valence-corrected chi connectivity index (χ4v) is 10.6. The minimum atomic E-state index is -4.73. The fourth-order valence-electron chi connectivity index (χ4n) is 7.60. The standard InChI is InChI=1S/C45H37F4N7O6S3/c1-53(33-7-9-40-28(19-33)11-12-63-40)44(59)36(17-26-13-29(46)20-30(47)14-26)51-42(57)23-55-38-5-3-4-6-39(38)56(65(55,61)62)24-43(58)52-37(18-27-15-31(48)21-32(49)16-27)45(60)54(2)34-8-10-41-35(22-34)50-25-64-41/h3-16,19-22,25,36-37H,17-18,23-24H2,1-2H3,(H,51,57)(H,52,58)/t36-,37-/m0/s1. The topological polar surface area (TPSA) is 152 Å². The molecule has 2 atom stereocenters. The molecule has 0 saturated carbocycles. The zero-order valence-electron chi connectivity index (χ0n) is 34.4. The lowest BCUT2D eigenvalue weighted by molar-refractivity contribution is -0.126. The molecule has 2 N–H and O–H groups in total. The van der Waals surface area contributed by atoms with Gasteiger partial charge in [0.2, 0.25) is 23.6 Å². The highest BCUT2D eigenvalue weighted by Crippen LogP contribution is 2.40. The average molecular weight is 944 g/mol. The van der Waals surface area contributed by atoms with Gasteiger partial charge in [-0.1, -0.05) is 12.1 Å². The van der Waals surface area contributed by atoms with Gasteiger partial charge in [0.1, 0.15) is 48.4 Å². The predicted octanol–water partition coefficient (Wildman–Crippen LogP) is 6.72. The number of hydrogen-bond acceptors (Lipinski definition) is 9. The SMILES string of the molecule is CN(C(=O)[C@H](Cc1cc(F)cc(F)c1)NC(=O)CN1c2ccccc2N(CC(=O)N[C@@H](Cc2cc(F)cc(F)c2)C(=O)N(C)c2ccc3scnc3c2)S1(=O)=O)c1ccc2sccc2c1. The summed E-state index contributed by atoms with van der Waals surface area (Å²) < 4.78 is 89.2. The van der Waals surface area contributed by atoms with Crippen LogP contribution in [0.15, 0.2) is 114 Å². The van der Waals surface area contributed by atoms with Gasteiger partial charge in [-0.15, -0.1) is 22.7 Å². The minimum Gasteiger partial charge on any atom is -0.342 e. The van der Waals surface area contributed by atoms with Gasteiger partial charge >= 0.3 is 10.2 Å². The highest BCUT2D eigenvalue weighted by atomic mass is 32.2.